The van der Waals surface area contributed by atoms with Crippen LogP contribution in [0.25, 0.3) is 0 Å². The molecule has 9 heteroatoms. The summed E-state index contributed by atoms with van der Waals surface area (Å²) in [7, 11) is 0. The predicted octanol–water partition coefficient (Wildman–Crippen LogP) is 2.73. The number of hydrogen-bond acceptors (Lipinski definition) is 7. The molecule has 1 aliphatic rings. The van der Waals surface area contributed by atoms with E-state index >= 15 is 0 Å². The van der Waals surface area contributed by atoms with E-state index in [9.17, 15) is 4.39 Å². The fourth-order valence-corrected chi connectivity index (χ4v) is 3.26. The number of rotatable bonds is 1. The van der Waals surface area contributed by atoms with Gasteiger partial charge < -0.3 is 21.9 Å². The number of hydrogen-bond donors (Lipinski definition) is 3. The molecule has 1 aromatic carbocycles. The monoisotopic (exact) mass is 423 g/mol. The molecule has 1 aromatic heterocycles. The third-order valence-corrected chi connectivity index (χ3v) is 4.65. The molecule has 3 rings (SSSR count). The Morgan fingerprint density at radius 2 is 2.13 bits per heavy atom. The van der Waals surface area contributed by atoms with Crippen LogP contribution in [0.1, 0.15) is 43.6 Å². The Morgan fingerprint density at radius 3 is 2.81 bits per heavy atom. The molecule has 0 saturated heterocycles. The molecule has 0 aliphatic carbocycles. The van der Waals surface area contributed by atoms with Gasteiger partial charge in [0.2, 0.25) is 0 Å². The summed E-state index contributed by atoms with van der Waals surface area (Å²) in [5.74, 6) is 0.821. The van der Waals surface area contributed by atoms with Crippen LogP contribution in [-0.4, -0.2) is 35.5 Å². The van der Waals surface area contributed by atoms with E-state index in [1.54, 1.807) is 32.2 Å². The fraction of sp³-hybridized carbons (Fsp3) is 0.273. The summed E-state index contributed by atoms with van der Waals surface area (Å²) >= 11 is 0. The van der Waals surface area contributed by atoms with Crippen molar-refractivity contribution in [3.05, 3.63) is 64.7 Å². The molecular weight excluding hydrogens is 397 g/mol. The molecule has 0 amide bonds. The molecule has 2 bridgehead atoms. The average Bonchev–Trinajstić information content (AvgIpc) is 2.73. The topological polar surface area (TPSA) is 137 Å². The molecule has 0 fully saturated rings. The summed E-state index contributed by atoms with van der Waals surface area (Å²) < 4.78 is 20.2. The van der Waals surface area contributed by atoms with Crippen molar-refractivity contribution in [2.24, 2.45) is 26.4 Å². The summed E-state index contributed by atoms with van der Waals surface area (Å²) in [6.07, 6.45) is 2.49. The molecule has 31 heavy (non-hydrogen) atoms. The van der Waals surface area contributed by atoms with E-state index in [0.717, 1.165) is 0 Å². The molecule has 8 nitrogen and oxygen atoms in total. The number of nitrogen functional groups attached to an aromatic ring is 1. The van der Waals surface area contributed by atoms with Crippen molar-refractivity contribution in [1.82, 2.24) is 4.98 Å². The van der Waals surface area contributed by atoms with Gasteiger partial charge in [-0.1, -0.05) is 0 Å². The van der Waals surface area contributed by atoms with Gasteiger partial charge >= 0.3 is 0 Å². The maximum Gasteiger partial charge on any atom is 0.166 e. The van der Waals surface area contributed by atoms with E-state index in [1.165, 1.54) is 18.3 Å². The van der Waals surface area contributed by atoms with Gasteiger partial charge in [-0.15, -0.1) is 0 Å². The van der Waals surface area contributed by atoms with Crippen LogP contribution in [0.2, 0.25) is 0 Å². The van der Waals surface area contributed by atoms with Crippen molar-refractivity contribution < 1.29 is 9.13 Å². The van der Waals surface area contributed by atoms with Gasteiger partial charge in [-0.3, -0.25) is 9.98 Å². The van der Waals surface area contributed by atoms with Crippen molar-refractivity contribution in [2.45, 2.75) is 26.9 Å². The Balaban J connectivity index is 2.30. The van der Waals surface area contributed by atoms with Crippen molar-refractivity contribution in [3.63, 3.8) is 0 Å². The number of pyridine rings is 1. The maximum absolute atomic E-state index is 14.1. The van der Waals surface area contributed by atoms with Gasteiger partial charge in [0.1, 0.15) is 11.9 Å². The molecule has 162 valence electrons. The van der Waals surface area contributed by atoms with Gasteiger partial charge in [-0.2, -0.15) is 0 Å². The van der Waals surface area contributed by atoms with Crippen LogP contribution >= 0.6 is 0 Å². The summed E-state index contributed by atoms with van der Waals surface area (Å²) in [4.78, 5) is 17.8. The van der Waals surface area contributed by atoms with Crippen LogP contribution in [0, 0.1) is 5.82 Å². The number of anilines is 1. The first-order chi connectivity index (χ1) is 14.8. The summed E-state index contributed by atoms with van der Waals surface area (Å²) in [5.41, 5.74) is 20.9. The summed E-state index contributed by atoms with van der Waals surface area (Å²) in [6.45, 7) is 6.08. The van der Waals surface area contributed by atoms with Crippen LogP contribution in [0.4, 0.5) is 10.2 Å². The molecule has 2 heterocycles. The molecular formula is C22H26FN7O. The highest BCUT2D eigenvalue weighted by Crippen LogP contribution is 2.30. The zero-order valence-corrected chi connectivity index (χ0v) is 17.8. The van der Waals surface area contributed by atoms with Crippen molar-refractivity contribution in [2.75, 3.05) is 18.8 Å². The SMILES string of the molecule is CCN=C1C(=CN)CN=C(N=C(C)N)c2ccc(F)cc2C(C)Oc2cc1cnc2N. The first-order valence-electron chi connectivity index (χ1n) is 9.87. The summed E-state index contributed by atoms with van der Waals surface area (Å²) in [6, 6.07) is 6.09. The molecule has 1 unspecified atom stereocenters. The average molecular weight is 423 g/mol. The lowest BCUT2D eigenvalue weighted by Gasteiger charge is -2.21. The number of aromatic nitrogens is 1. The van der Waals surface area contributed by atoms with E-state index in [1.807, 2.05) is 6.92 Å². The first-order valence-corrected chi connectivity index (χ1v) is 9.87. The quantitative estimate of drug-likeness (QED) is 0.478. The van der Waals surface area contributed by atoms with Crippen molar-refractivity contribution in [1.29, 1.82) is 0 Å². The number of nitrogens with two attached hydrogens (primary N) is 3. The second-order valence-corrected chi connectivity index (χ2v) is 7.01. The number of nitrogens with zero attached hydrogens (tertiary/aromatic N) is 4. The van der Waals surface area contributed by atoms with E-state index in [0.29, 0.717) is 51.9 Å². The van der Waals surface area contributed by atoms with Crippen LogP contribution in [0.3, 0.4) is 0 Å². The molecule has 0 radical (unpaired) electrons. The highest BCUT2D eigenvalue weighted by Gasteiger charge is 2.21. The number of aliphatic imine (C=N–C) groups is 3. The van der Waals surface area contributed by atoms with Gasteiger partial charge in [0.15, 0.2) is 17.4 Å². The van der Waals surface area contributed by atoms with Crippen LogP contribution in [0.5, 0.6) is 5.75 Å². The van der Waals surface area contributed by atoms with E-state index in [4.69, 9.17) is 21.9 Å². The van der Waals surface area contributed by atoms with E-state index in [2.05, 4.69) is 20.0 Å². The zero-order chi connectivity index (χ0) is 22.5. The van der Waals surface area contributed by atoms with E-state index < -0.39 is 11.9 Å². The third-order valence-electron chi connectivity index (χ3n) is 4.65. The van der Waals surface area contributed by atoms with Crippen molar-refractivity contribution in [3.8, 4) is 5.75 Å². The van der Waals surface area contributed by atoms with Gasteiger partial charge in [-0.25, -0.2) is 14.4 Å². The Kier molecular flexibility index (Phi) is 6.64. The van der Waals surface area contributed by atoms with Crippen LogP contribution < -0.4 is 21.9 Å². The standard InChI is InChI=1S/C22H26FN7O/c1-4-27-20-14-7-19(21(26)28-10-14)31-12(2)18-8-16(23)5-6-17(18)22(30-13(3)25)29-11-15(20)9-24/h5-10,12H,4,11,24H2,1-3H3,(H2,26,28)(H2,25,29,30). The third kappa shape index (κ3) is 4.88. The lowest BCUT2D eigenvalue weighted by Crippen LogP contribution is -2.18. The Morgan fingerprint density at radius 1 is 1.35 bits per heavy atom. The van der Waals surface area contributed by atoms with Crippen LogP contribution in [-0.2, 0) is 0 Å². The van der Waals surface area contributed by atoms with Gasteiger partial charge in [0, 0.05) is 41.2 Å². The highest BCUT2D eigenvalue weighted by atomic mass is 19.1. The second kappa shape index (κ2) is 9.38. The van der Waals surface area contributed by atoms with Gasteiger partial charge in [-0.05, 0) is 45.0 Å². The molecule has 1 atom stereocenters. The normalized spacial score (nSPS) is 19.8. The van der Waals surface area contributed by atoms with Crippen molar-refractivity contribution >= 4 is 23.2 Å². The smallest absolute Gasteiger partial charge is 0.166 e. The Labute approximate surface area is 180 Å². The minimum atomic E-state index is -0.570. The Bertz CT molecular complexity index is 1100. The largest absolute Gasteiger partial charge is 0.482 e. The second-order valence-electron chi connectivity index (χ2n) is 7.01. The first kappa shape index (κ1) is 21.9. The van der Waals surface area contributed by atoms with Crippen LogP contribution in [0.15, 0.2) is 57.2 Å². The summed E-state index contributed by atoms with van der Waals surface area (Å²) in [5, 5.41) is 0. The Hall–Kier alpha value is -3.75. The fourth-order valence-electron chi connectivity index (χ4n) is 3.26. The lowest BCUT2D eigenvalue weighted by molar-refractivity contribution is 0.227. The minimum absolute atomic E-state index is 0.188. The van der Waals surface area contributed by atoms with E-state index in [-0.39, 0.29) is 12.4 Å². The van der Waals surface area contributed by atoms with Gasteiger partial charge in [0.25, 0.3) is 0 Å². The number of ether oxygens (including phenoxy) is 1. The maximum atomic E-state index is 14.1. The number of fused-ring (bicyclic) bond motifs is 3. The number of amidine groups is 2. The van der Waals surface area contributed by atoms with Gasteiger partial charge in [0.05, 0.1) is 18.1 Å². The molecule has 6 N–H and O–H groups in total. The number of benzene rings is 1. The lowest BCUT2D eigenvalue weighted by atomic mass is 10.0. The predicted molar refractivity (Wildman–Crippen MR) is 122 cm³/mol. The molecule has 2 aromatic rings. The zero-order valence-electron chi connectivity index (χ0n) is 17.8. The minimum Gasteiger partial charge on any atom is -0.482 e. The molecule has 1 aliphatic heterocycles. The highest BCUT2D eigenvalue weighted by molar-refractivity contribution is 6.13. The molecule has 0 saturated carbocycles. The number of halogens is 1. The molecule has 0 spiro atoms.